The van der Waals surface area contributed by atoms with Gasteiger partial charge in [-0.1, -0.05) is 95.7 Å². The quantitative estimate of drug-likeness (QED) is 0.215. The molecule has 0 N–H and O–H groups in total. The van der Waals surface area contributed by atoms with E-state index in [0.29, 0.717) is 55.8 Å². The smallest absolute Gasteiger partial charge is 0.338 e. The van der Waals surface area contributed by atoms with E-state index in [1.807, 2.05) is 78.9 Å². The molecule has 0 saturated heterocycles. The molecule has 4 aromatic carbocycles. The third-order valence-electron chi connectivity index (χ3n) is 8.16. The number of carbonyl (C=O) groups is 2. The number of benzene rings is 4. The summed E-state index contributed by atoms with van der Waals surface area (Å²) in [5.74, 6) is -0.318. The first-order valence-corrected chi connectivity index (χ1v) is 16.2. The molecule has 8 nitrogen and oxygen atoms in total. The predicted octanol–water partition coefficient (Wildman–Crippen LogP) is 5.51. The normalized spacial score (nSPS) is 16.4. The molecule has 2 aliphatic rings. The number of ether oxygens (including phenoxy) is 2. The van der Waals surface area contributed by atoms with Gasteiger partial charge in [-0.05, 0) is 48.4 Å². The maximum atomic E-state index is 14.7. The van der Waals surface area contributed by atoms with Crippen molar-refractivity contribution in [3.63, 3.8) is 0 Å². The molecule has 0 bridgehead atoms. The van der Waals surface area contributed by atoms with E-state index in [0.717, 1.165) is 16.9 Å². The monoisotopic (exact) mass is 661 g/mol. The number of hydrogen-bond acceptors (Lipinski definition) is 7. The van der Waals surface area contributed by atoms with Crippen molar-refractivity contribution in [3.05, 3.63) is 156 Å². The second-order valence-corrected chi connectivity index (χ2v) is 12.4. The molecular formula is C37H28ClN3O5S. The second kappa shape index (κ2) is 12.5. The third-order valence-corrected chi connectivity index (χ3v) is 9.47. The van der Waals surface area contributed by atoms with Crippen molar-refractivity contribution in [2.45, 2.75) is 19.5 Å². The standard InChI is InChI=1S/C37H28ClN3O5S/c1-3-46-36(44)30-31(23-10-5-4-6-11-23)39-37-41(32(30)24-12-9-13-26(20-24)45-2)35(43)33(47-37)29-27-14-7-8-15-28(27)40(34(29)42)21-22-16-18-25(38)19-17-22/h4-20,32H,3,21H2,1-2H3/b33-29+/t32-/m1/s1. The van der Waals surface area contributed by atoms with Gasteiger partial charge in [-0.25, -0.2) is 9.79 Å². The van der Waals surface area contributed by atoms with E-state index in [4.69, 9.17) is 26.1 Å². The SMILES string of the molecule is CCOC(=O)C1=C(c2ccccc2)N=c2s/c(=C3/C(=O)N(Cc4ccc(Cl)cc4)c4ccccc43)c(=O)n2[C@@H]1c1cccc(OC)c1. The van der Waals surface area contributed by atoms with Gasteiger partial charge in [0.1, 0.15) is 10.3 Å². The van der Waals surface area contributed by atoms with E-state index in [-0.39, 0.29) is 22.6 Å². The van der Waals surface area contributed by atoms with Crippen molar-refractivity contribution in [1.29, 1.82) is 0 Å². The number of amides is 1. The maximum absolute atomic E-state index is 14.7. The Morgan fingerprint density at radius 2 is 1.68 bits per heavy atom. The summed E-state index contributed by atoms with van der Waals surface area (Å²) in [7, 11) is 1.56. The first-order chi connectivity index (χ1) is 22.9. The third kappa shape index (κ3) is 5.37. The van der Waals surface area contributed by atoms with Crippen LogP contribution >= 0.6 is 22.9 Å². The lowest BCUT2D eigenvalue weighted by molar-refractivity contribution is -0.138. The van der Waals surface area contributed by atoms with Crippen LogP contribution in [0.3, 0.4) is 0 Å². The van der Waals surface area contributed by atoms with E-state index in [9.17, 15) is 14.4 Å². The number of methoxy groups -OCH3 is 1. The zero-order chi connectivity index (χ0) is 32.7. The van der Waals surface area contributed by atoms with Gasteiger partial charge in [-0.2, -0.15) is 0 Å². The average molecular weight is 662 g/mol. The van der Waals surface area contributed by atoms with Crippen molar-refractivity contribution < 1.29 is 19.1 Å². The van der Waals surface area contributed by atoms with Crippen LogP contribution in [0.2, 0.25) is 5.02 Å². The van der Waals surface area contributed by atoms with Gasteiger partial charge in [0.05, 0.1) is 48.8 Å². The molecule has 0 unspecified atom stereocenters. The topological polar surface area (TPSA) is 90.2 Å². The van der Waals surface area contributed by atoms with Crippen LogP contribution < -0.4 is 24.5 Å². The number of anilines is 1. The average Bonchev–Trinajstić information content (AvgIpc) is 3.57. The number of para-hydroxylation sites is 1. The van der Waals surface area contributed by atoms with Crippen molar-refractivity contribution in [3.8, 4) is 5.75 Å². The van der Waals surface area contributed by atoms with Crippen LogP contribution in [0, 0.1) is 0 Å². The van der Waals surface area contributed by atoms with Crippen LogP contribution in [-0.4, -0.2) is 30.2 Å². The van der Waals surface area contributed by atoms with E-state index in [1.165, 1.54) is 4.57 Å². The number of halogens is 1. The number of carbonyl (C=O) groups excluding carboxylic acids is 2. The fraction of sp³-hybridized carbons (Fsp3) is 0.135. The summed E-state index contributed by atoms with van der Waals surface area (Å²) in [6.07, 6.45) is 0. The van der Waals surface area contributed by atoms with Crippen LogP contribution in [0.15, 0.2) is 118 Å². The van der Waals surface area contributed by atoms with E-state index in [1.54, 1.807) is 43.2 Å². The first kappa shape index (κ1) is 30.4. The Balaban J connectivity index is 1.50. The van der Waals surface area contributed by atoms with Crippen molar-refractivity contribution >= 4 is 51.8 Å². The van der Waals surface area contributed by atoms with E-state index in [2.05, 4.69) is 0 Å². The van der Waals surface area contributed by atoms with Gasteiger partial charge in [0.2, 0.25) is 0 Å². The first-order valence-electron chi connectivity index (χ1n) is 15.0. The zero-order valence-electron chi connectivity index (χ0n) is 25.5. The second-order valence-electron chi connectivity index (χ2n) is 10.9. The molecule has 5 aromatic rings. The summed E-state index contributed by atoms with van der Waals surface area (Å²) in [4.78, 5) is 49.7. The summed E-state index contributed by atoms with van der Waals surface area (Å²) in [5, 5.41) is 0.603. The van der Waals surface area contributed by atoms with Crippen LogP contribution in [0.1, 0.15) is 35.2 Å². The van der Waals surface area contributed by atoms with Gasteiger partial charge in [0, 0.05) is 16.1 Å². The molecule has 1 atom stereocenters. The molecule has 7 rings (SSSR count). The summed E-state index contributed by atoms with van der Waals surface area (Å²) in [6, 6.07) is 30.4. The van der Waals surface area contributed by atoms with Gasteiger partial charge in [-0.3, -0.25) is 14.2 Å². The summed E-state index contributed by atoms with van der Waals surface area (Å²) in [6.45, 7) is 2.17. The van der Waals surface area contributed by atoms with Gasteiger partial charge >= 0.3 is 5.97 Å². The van der Waals surface area contributed by atoms with E-state index < -0.39 is 17.6 Å². The number of aromatic nitrogens is 1. The summed E-state index contributed by atoms with van der Waals surface area (Å²) >= 11 is 7.24. The summed E-state index contributed by atoms with van der Waals surface area (Å²) in [5.41, 5.74) is 4.07. The molecule has 234 valence electrons. The van der Waals surface area contributed by atoms with Gasteiger partial charge < -0.3 is 14.4 Å². The van der Waals surface area contributed by atoms with Crippen molar-refractivity contribution in [2.24, 2.45) is 4.99 Å². The number of rotatable bonds is 7. The maximum Gasteiger partial charge on any atom is 0.338 e. The lowest BCUT2D eigenvalue weighted by Gasteiger charge is -2.26. The van der Waals surface area contributed by atoms with Crippen LogP contribution in [0.4, 0.5) is 5.69 Å². The van der Waals surface area contributed by atoms with Crippen LogP contribution in [0.5, 0.6) is 5.75 Å². The van der Waals surface area contributed by atoms with Crippen LogP contribution in [-0.2, 0) is 20.9 Å². The van der Waals surface area contributed by atoms with Crippen molar-refractivity contribution in [2.75, 3.05) is 18.6 Å². The highest BCUT2D eigenvalue weighted by atomic mass is 35.5. The highest BCUT2D eigenvalue weighted by Gasteiger charge is 2.38. The number of esters is 1. The molecule has 3 heterocycles. The molecule has 1 amide bonds. The number of hydrogen-bond donors (Lipinski definition) is 0. The highest BCUT2D eigenvalue weighted by Crippen LogP contribution is 2.38. The van der Waals surface area contributed by atoms with Crippen molar-refractivity contribution in [1.82, 2.24) is 4.57 Å². The lowest BCUT2D eigenvalue weighted by atomic mass is 9.93. The minimum Gasteiger partial charge on any atom is -0.497 e. The number of fused-ring (bicyclic) bond motifs is 2. The minimum atomic E-state index is -0.901. The Morgan fingerprint density at radius 1 is 0.936 bits per heavy atom. The molecule has 0 spiro atoms. The molecule has 0 aliphatic carbocycles. The molecule has 47 heavy (non-hydrogen) atoms. The molecule has 10 heteroatoms. The Labute approximate surface area is 279 Å². The molecule has 0 saturated carbocycles. The largest absolute Gasteiger partial charge is 0.497 e. The summed E-state index contributed by atoms with van der Waals surface area (Å²) < 4.78 is 12.8. The Kier molecular flexibility index (Phi) is 8.09. The Bertz CT molecular complexity index is 2260. The number of thiazole rings is 1. The molecule has 0 radical (unpaired) electrons. The predicted molar refractivity (Wildman–Crippen MR) is 182 cm³/mol. The van der Waals surface area contributed by atoms with E-state index >= 15 is 0 Å². The molecule has 2 aliphatic heterocycles. The fourth-order valence-electron chi connectivity index (χ4n) is 6.05. The molecular weight excluding hydrogens is 634 g/mol. The Hall–Kier alpha value is -5.25. The van der Waals surface area contributed by atoms with Gasteiger partial charge in [-0.15, -0.1) is 0 Å². The minimum absolute atomic E-state index is 0.137. The Morgan fingerprint density at radius 3 is 2.43 bits per heavy atom. The lowest BCUT2D eigenvalue weighted by Crippen LogP contribution is -2.41. The molecule has 0 fully saturated rings. The zero-order valence-corrected chi connectivity index (χ0v) is 27.0. The van der Waals surface area contributed by atoms with Crippen LogP contribution in [0.25, 0.3) is 11.3 Å². The fourth-order valence-corrected chi connectivity index (χ4v) is 7.26. The van der Waals surface area contributed by atoms with Gasteiger partial charge in [0.15, 0.2) is 4.80 Å². The highest BCUT2D eigenvalue weighted by molar-refractivity contribution is 7.07. The molecule has 1 aromatic heterocycles. The van der Waals surface area contributed by atoms with Gasteiger partial charge in [0.25, 0.3) is 11.5 Å². The number of nitrogens with zero attached hydrogens (tertiary/aromatic N) is 3.